The van der Waals surface area contributed by atoms with Crippen molar-refractivity contribution in [3.63, 3.8) is 0 Å². The van der Waals surface area contributed by atoms with E-state index in [-0.39, 0.29) is 11.3 Å². The number of amides is 1. The molecular weight excluding hydrogens is 204 g/mol. The molecule has 0 aromatic carbocycles. The molecule has 1 fully saturated rings. The summed E-state index contributed by atoms with van der Waals surface area (Å²) in [5, 5.41) is 15.3. The lowest BCUT2D eigenvalue weighted by Crippen LogP contribution is -2.48. The van der Waals surface area contributed by atoms with Gasteiger partial charge in [0.15, 0.2) is 0 Å². The highest BCUT2D eigenvalue weighted by atomic mass is 16.3. The summed E-state index contributed by atoms with van der Waals surface area (Å²) in [6.45, 7) is 7.96. The second kappa shape index (κ2) is 5.64. The molecule has 1 unspecified atom stereocenters. The first-order valence-electron chi connectivity index (χ1n) is 6.11. The molecular formula is C12H24N2O2. The Morgan fingerprint density at radius 1 is 1.62 bits per heavy atom. The maximum absolute atomic E-state index is 12.0. The largest absolute Gasteiger partial charge is 0.392 e. The van der Waals surface area contributed by atoms with Gasteiger partial charge in [0, 0.05) is 12.0 Å². The zero-order chi connectivity index (χ0) is 12.2. The molecule has 1 aliphatic heterocycles. The fraction of sp³-hybridized carbons (Fsp3) is 0.917. The fourth-order valence-corrected chi connectivity index (χ4v) is 2.12. The minimum Gasteiger partial charge on any atom is -0.392 e. The van der Waals surface area contributed by atoms with Crippen molar-refractivity contribution in [2.75, 3.05) is 19.6 Å². The van der Waals surface area contributed by atoms with Crippen LogP contribution >= 0.6 is 0 Å². The standard InChI is InChI=1S/C12H24N2O2/c1-9(15)7-14-11(16)12(2,3)10-5-4-6-13-8-10/h9-10,13,15H,4-8H2,1-3H3,(H,14,16)/t9-,10?/m1/s1. The summed E-state index contributed by atoms with van der Waals surface area (Å²) < 4.78 is 0. The van der Waals surface area contributed by atoms with Gasteiger partial charge in [0.1, 0.15) is 0 Å². The normalized spacial score (nSPS) is 23.9. The number of aliphatic hydroxyl groups is 1. The molecule has 0 radical (unpaired) electrons. The van der Waals surface area contributed by atoms with E-state index in [9.17, 15) is 4.79 Å². The van der Waals surface area contributed by atoms with Crippen LogP contribution in [0.3, 0.4) is 0 Å². The van der Waals surface area contributed by atoms with E-state index in [2.05, 4.69) is 10.6 Å². The zero-order valence-electron chi connectivity index (χ0n) is 10.5. The number of carbonyl (C=O) groups is 1. The number of hydrogen-bond acceptors (Lipinski definition) is 3. The second-order valence-electron chi connectivity index (χ2n) is 5.32. The number of piperidine rings is 1. The lowest BCUT2D eigenvalue weighted by molar-refractivity contribution is -0.133. The molecule has 0 spiro atoms. The van der Waals surface area contributed by atoms with E-state index in [1.54, 1.807) is 6.92 Å². The van der Waals surface area contributed by atoms with E-state index >= 15 is 0 Å². The van der Waals surface area contributed by atoms with Gasteiger partial charge in [0.05, 0.1) is 6.10 Å². The van der Waals surface area contributed by atoms with Crippen molar-refractivity contribution in [1.29, 1.82) is 0 Å². The summed E-state index contributed by atoms with van der Waals surface area (Å²) in [6.07, 6.45) is 1.75. The van der Waals surface area contributed by atoms with Crippen LogP contribution in [0.5, 0.6) is 0 Å². The van der Waals surface area contributed by atoms with Crippen LogP contribution in [-0.4, -0.2) is 36.8 Å². The van der Waals surface area contributed by atoms with Crippen LogP contribution < -0.4 is 10.6 Å². The molecule has 1 rings (SSSR count). The van der Waals surface area contributed by atoms with Crippen molar-refractivity contribution in [3.8, 4) is 0 Å². The van der Waals surface area contributed by atoms with Gasteiger partial charge in [-0.3, -0.25) is 4.79 Å². The third kappa shape index (κ3) is 3.46. The number of carbonyl (C=O) groups excluding carboxylic acids is 1. The first kappa shape index (κ1) is 13.5. The molecule has 4 nitrogen and oxygen atoms in total. The predicted molar refractivity (Wildman–Crippen MR) is 64.1 cm³/mol. The molecule has 0 bridgehead atoms. The number of aliphatic hydroxyl groups excluding tert-OH is 1. The van der Waals surface area contributed by atoms with Crippen molar-refractivity contribution in [1.82, 2.24) is 10.6 Å². The Morgan fingerprint density at radius 3 is 2.81 bits per heavy atom. The van der Waals surface area contributed by atoms with Gasteiger partial charge in [-0.15, -0.1) is 0 Å². The third-order valence-corrected chi connectivity index (χ3v) is 3.46. The fourth-order valence-electron chi connectivity index (χ4n) is 2.12. The Labute approximate surface area is 97.8 Å². The molecule has 1 saturated heterocycles. The Hall–Kier alpha value is -0.610. The highest BCUT2D eigenvalue weighted by Gasteiger charge is 2.37. The summed E-state index contributed by atoms with van der Waals surface area (Å²) in [4.78, 5) is 12.0. The van der Waals surface area contributed by atoms with Crippen molar-refractivity contribution < 1.29 is 9.90 Å². The first-order valence-corrected chi connectivity index (χ1v) is 6.11. The summed E-state index contributed by atoms with van der Waals surface area (Å²) >= 11 is 0. The van der Waals surface area contributed by atoms with E-state index in [0.717, 1.165) is 25.9 Å². The van der Waals surface area contributed by atoms with Crippen molar-refractivity contribution in [3.05, 3.63) is 0 Å². The molecule has 1 aliphatic rings. The second-order valence-corrected chi connectivity index (χ2v) is 5.32. The van der Waals surface area contributed by atoms with Crippen LogP contribution in [0, 0.1) is 11.3 Å². The van der Waals surface area contributed by atoms with Crippen LogP contribution in [0.15, 0.2) is 0 Å². The number of rotatable bonds is 4. The highest BCUT2D eigenvalue weighted by molar-refractivity contribution is 5.82. The van der Waals surface area contributed by atoms with Crippen LogP contribution in [0.25, 0.3) is 0 Å². The van der Waals surface area contributed by atoms with Crippen LogP contribution in [0.1, 0.15) is 33.6 Å². The Kier molecular flexibility index (Phi) is 4.74. The molecule has 3 N–H and O–H groups in total. The number of nitrogens with one attached hydrogen (secondary N) is 2. The average Bonchev–Trinajstić information content (AvgIpc) is 2.27. The zero-order valence-corrected chi connectivity index (χ0v) is 10.5. The first-order chi connectivity index (χ1) is 7.44. The van der Waals surface area contributed by atoms with E-state index in [1.165, 1.54) is 0 Å². The Morgan fingerprint density at radius 2 is 2.31 bits per heavy atom. The minimum absolute atomic E-state index is 0.0436. The lowest BCUT2D eigenvalue weighted by atomic mass is 9.74. The minimum atomic E-state index is -0.482. The topological polar surface area (TPSA) is 61.4 Å². The molecule has 16 heavy (non-hydrogen) atoms. The van der Waals surface area contributed by atoms with Crippen LogP contribution in [-0.2, 0) is 4.79 Å². The van der Waals surface area contributed by atoms with Crippen molar-refractivity contribution in [2.24, 2.45) is 11.3 Å². The molecule has 0 saturated carbocycles. The van der Waals surface area contributed by atoms with Gasteiger partial charge in [-0.1, -0.05) is 13.8 Å². The lowest BCUT2D eigenvalue weighted by Gasteiger charge is -2.36. The maximum atomic E-state index is 12.0. The van der Waals surface area contributed by atoms with Crippen LogP contribution in [0.2, 0.25) is 0 Å². The molecule has 0 aromatic heterocycles. The monoisotopic (exact) mass is 228 g/mol. The van der Waals surface area contributed by atoms with Gasteiger partial charge in [0.25, 0.3) is 0 Å². The molecule has 1 amide bonds. The predicted octanol–water partition coefficient (Wildman–Crippen LogP) is 0.509. The summed E-state index contributed by atoms with van der Waals surface area (Å²) in [5.74, 6) is 0.428. The highest BCUT2D eigenvalue weighted by Crippen LogP contribution is 2.31. The molecule has 94 valence electrons. The Bertz CT molecular complexity index is 233. The molecule has 0 aliphatic carbocycles. The average molecular weight is 228 g/mol. The number of hydrogen-bond donors (Lipinski definition) is 3. The quantitative estimate of drug-likeness (QED) is 0.657. The third-order valence-electron chi connectivity index (χ3n) is 3.46. The van der Waals surface area contributed by atoms with Gasteiger partial charge >= 0.3 is 0 Å². The van der Waals surface area contributed by atoms with E-state index in [1.807, 2.05) is 13.8 Å². The van der Waals surface area contributed by atoms with Gasteiger partial charge in [-0.2, -0.15) is 0 Å². The van der Waals surface area contributed by atoms with Gasteiger partial charge in [0.2, 0.25) is 5.91 Å². The molecule has 4 heteroatoms. The summed E-state index contributed by atoms with van der Waals surface area (Å²) in [7, 11) is 0. The van der Waals surface area contributed by atoms with Crippen molar-refractivity contribution in [2.45, 2.75) is 39.7 Å². The van der Waals surface area contributed by atoms with Gasteiger partial charge in [-0.25, -0.2) is 0 Å². The maximum Gasteiger partial charge on any atom is 0.226 e. The summed E-state index contributed by atoms with van der Waals surface area (Å²) in [5.41, 5.74) is -0.359. The molecule has 1 heterocycles. The van der Waals surface area contributed by atoms with E-state index in [4.69, 9.17) is 5.11 Å². The molecule has 2 atom stereocenters. The SMILES string of the molecule is C[C@@H](O)CNC(=O)C(C)(C)C1CCCNC1. The van der Waals surface area contributed by atoms with Crippen molar-refractivity contribution >= 4 is 5.91 Å². The molecule has 0 aromatic rings. The summed E-state index contributed by atoms with van der Waals surface area (Å²) in [6, 6.07) is 0. The van der Waals surface area contributed by atoms with Gasteiger partial charge in [-0.05, 0) is 38.8 Å². The smallest absolute Gasteiger partial charge is 0.226 e. The van der Waals surface area contributed by atoms with E-state index in [0.29, 0.717) is 12.5 Å². The van der Waals surface area contributed by atoms with Crippen LogP contribution in [0.4, 0.5) is 0 Å². The van der Waals surface area contributed by atoms with E-state index < -0.39 is 6.10 Å². The Balaban J connectivity index is 2.50. The van der Waals surface area contributed by atoms with Gasteiger partial charge < -0.3 is 15.7 Å².